The van der Waals surface area contributed by atoms with Crippen molar-refractivity contribution < 1.29 is 14.7 Å². The van der Waals surface area contributed by atoms with E-state index >= 15 is 0 Å². The number of amides is 2. The molecule has 1 atom stereocenters. The Labute approximate surface area is 215 Å². The zero-order valence-corrected chi connectivity index (χ0v) is 21.5. The Morgan fingerprint density at radius 3 is 2.33 bits per heavy atom. The molecular formula is C26H30N6O3S. The summed E-state index contributed by atoms with van der Waals surface area (Å²) in [4.78, 5) is 33.0. The number of pyridine rings is 1. The van der Waals surface area contributed by atoms with Gasteiger partial charge < -0.3 is 20.6 Å². The number of hydrogen-bond acceptors (Lipinski definition) is 8. The van der Waals surface area contributed by atoms with Crippen LogP contribution in [0.25, 0.3) is 0 Å². The van der Waals surface area contributed by atoms with Crippen LogP contribution in [0, 0.1) is 28.1 Å². The van der Waals surface area contributed by atoms with Crippen molar-refractivity contribution in [3.05, 3.63) is 52.6 Å². The minimum atomic E-state index is -0.789. The van der Waals surface area contributed by atoms with Gasteiger partial charge in [-0.2, -0.15) is 10.5 Å². The molecule has 0 spiro atoms. The molecule has 0 aliphatic heterocycles. The molecule has 1 aliphatic carbocycles. The molecule has 1 heterocycles. The lowest BCUT2D eigenvalue weighted by Crippen LogP contribution is -2.40. The van der Waals surface area contributed by atoms with E-state index in [1.165, 1.54) is 0 Å². The normalized spacial score (nSPS) is 14.3. The van der Waals surface area contributed by atoms with Crippen molar-refractivity contribution >= 4 is 29.4 Å². The van der Waals surface area contributed by atoms with Crippen LogP contribution in [0.2, 0.25) is 0 Å². The first-order valence-corrected chi connectivity index (χ1v) is 12.5. The average Bonchev–Trinajstić information content (AvgIpc) is 3.65. The molecular weight excluding hydrogens is 476 g/mol. The fourth-order valence-electron chi connectivity index (χ4n) is 4.11. The van der Waals surface area contributed by atoms with Gasteiger partial charge in [0.2, 0.25) is 11.8 Å². The third-order valence-corrected chi connectivity index (χ3v) is 7.70. The zero-order chi connectivity index (χ0) is 26.5. The maximum atomic E-state index is 12.9. The number of rotatable bonds is 11. The van der Waals surface area contributed by atoms with Gasteiger partial charge in [0.25, 0.3) is 0 Å². The number of hydrogen-bond donors (Lipinski definition) is 2. The van der Waals surface area contributed by atoms with E-state index in [1.807, 2.05) is 13.0 Å². The molecule has 2 amide bonds. The molecule has 3 rings (SSSR count). The first-order valence-electron chi connectivity index (χ1n) is 11.6. The van der Waals surface area contributed by atoms with Crippen LogP contribution in [0.15, 0.2) is 35.4 Å². The molecule has 1 aromatic heterocycles. The molecule has 10 heteroatoms. The molecule has 2 aromatic rings. The third kappa shape index (κ3) is 5.78. The van der Waals surface area contributed by atoms with E-state index in [4.69, 9.17) is 5.73 Å². The monoisotopic (exact) mass is 506 g/mol. The first-order chi connectivity index (χ1) is 17.2. The van der Waals surface area contributed by atoms with E-state index in [-0.39, 0.29) is 46.4 Å². The van der Waals surface area contributed by atoms with Crippen LogP contribution in [0.5, 0.6) is 0 Å². The Bertz CT molecular complexity index is 1220. The number of nitrogens with zero attached hydrogens (tertiary/aromatic N) is 5. The summed E-state index contributed by atoms with van der Waals surface area (Å²) in [5.74, 6) is -0.500. The summed E-state index contributed by atoms with van der Waals surface area (Å²) in [6.45, 7) is 2.29. The number of anilines is 1. The van der Waals surface area contributed by atoms with Crippen LogP contribution in [0.3, 0.4) is 0 Å². The summed E-state index contributed by atoms with van der Waals surface area (Å²) in [7, 11) is 3.36. The van der Waals surface area contributed by atoms with Gasteiger partial charge in [-0.25, -0.2) is 4.98 Å². The number of likely N-dealkylation sites (N-methyl/N-ethyl adjacent to an activating group) is 2. The fourth-order valence-corrected chi connectivity index (χ4v) is 5.17. The largest absolute Gasteiger partial charge is 0.396 e. The maximum absolute atomic E-state index is 12.9. The van der Waals surface area contributed by atoms with Crippen molar-refractivity contribution in [3.63, 3.8) is 0 Å². The van der Waals surface area contributed by atoms with Gasteiger partial charge in [-0.1, -0.05) is 49.0 Å². The van der Waals surface area contributed by atoms with Crippen LogP contribution >= 0.6 is 11.8 Å². The lowest BCUT2D eigenvalue weighted by Gasteiger charge is -2.27. The molecule has 9 nitrogen and oxygen atoms in total. The predicted molar refractivity (Wildman–Crippen MR) is 137 cm³/mol. The Morgan fingerprint density at radius 1 is 1.19 bits per heavy atom. The van der Waals surface area contributed by atoms with Gasteiger partial charge in [-0.15, -0.1) is 0 Å². The van der Waals surface area contributed by atoms with Crippen LogP contribution in [-0.4, -0.2) is 60.6 Å². The number of aliphatic hydroxyl groups excluding tert-OH is 1. The van der Waals surface area contributed by atoms with Crippen molar-refractivity contribution in [2.45, 2.75) is 36.5 Å². The summed E-state index contributed by atoms with van der Waals surface area (Å²) < 4.78 is 0. The third-order valence-electron chi connectivity index (χ3n) is 6.44. The highest BCUT2D eigenvalue weighted by Crippen LogP contribution is 2.45. The molecule has 3 N–H and O–H groups in total. The number of primary amides is 1. The van der Waals surface area contributed by atoms with Gasteiger partial charge in [-0.3, -0.25) is 9.59 Å². The van der Waals surface area contributed by atoms with Gasteiger partial charge in [-0.05, 0) is 30.4 Å². The molecule has 0 radical (unpaired) electrons. The Morgan fingerprint density at radius 2 is 1.83 bits per heavy atom. The Kier molecular flexibility index (Phi) is 8.57. The van der Waals surface area contributed by atoms with Gasteiger partial charge in [0.05, 0.1) is 24.3 Å². The molecule has 1 aliphatic rings. The highest BCUT2D eigenvalue weighted by Gasteiger charge is 2.43. The van der Waals surface area contributed by atoms with Crippen LogP contribution < -0.4 is 10.6 Å². The van der Waals surface area contributed by atoms with Crippen LogP contribution in [0.4, 0.5) is 5.82 Å². The maximum Gasteiger partial charge on any atom is 0.241 e. The molecule has 0 saturated heterocycles. The SMILES string of the molecule is CCc1c(C#N)c(SC(C(N)=O)c2ccccc2)nc(N(C)CC(=O)N(C)CC2(CO)CC2)c1C#N. The van der Waals surface area contributed by atoms with Gasteiger partial charge in [0.15, 0.2) is 0 Å². The van der Waals surface area contributed by atoms with E-state index in [0.29, 0.717) is 24.1 Å². The van der Waals surface area contributed by atoms with Gasteiger partial charge in [0, 0.05) is 26.1 Å². The number of nitrogens with two attached hydrogens (primary N) is 1. The first kappa shape index (κ1) is 27.0. The van der Waals surface area contributed by atoms with Crippen molar-refractivity contribution in [1.29, 1.82) is 10.5 Å². The van der Waals surface area contributed by atoms with E-state index in [2.05, 4.69) is 17.1 Å². The Hall–Kier alpha value is -3.60. The topological polar surface area (TPSA) is 147 Å². The highest BCUT2D eigenvalue weighted by molar-refractivity contribution is 8.00. The summed E-state index contributed by atoms with van der Waals surface area (Å²) in [6.07, 6.45) is 2.16. The van der Waals surface area contributed by atoms with Crippen molar-refractivity contribution in [2.24, 2.45) is 11.1 Å². The minimum absolute atomic E-state index is 0.0408. The standard InChI is InChI=1S/C26H30N6O3S/c1-4-18-19(12-27)24(31(2)14-21(34)32(3)15-26(16-33)10-11-26)30-25(20(18)13-28)36-22(23(29)35)17-8-6-5-7-9-17/h5-9,22,33H,4,10-11,14-16H2,1-3H3,(H2,29,35). The van der Waals surface area contributed by atoms with E-state index in [9.17, 15) is 25.2 Å². The summed E-state index contributed by atoms with van der Waals surface area (Å²) in [6, 6.07) is 13.3. The Balaban J connectivity index is 1.97. The lowest BCUT2D eigenvalue weighted by molar-refractivity contribution is -0.129. The van der Waals surface area contributed by atoms with Crippen molar-refractivity contribution in [1.82, 2.24) is 9.88 Å². The molecule has 36 heavy (non-hydrogen) atoms. The second-order valence-corrected chi connectivity index (χ2v) is 10.2. The molecule has 1 saturated carbocycles. The van der Waals surface area contributed by atoms with E-state index in [1.54, 1.807) is 48.2 Å². The summed E-state index contributed by atoms with van der Waals surface area (Å²) in [5, 5.41) is 29.0. The van der Waals surface area contributed by atoms with E-state index < -0.39 is 11.2 Å². The molecule has 1 unspecified atom stereocenters. The fraction of sp³-hybridized carbons (Fsp3) is 0.423. The van der Waals surface area contributed by atoms with Crippen molar-refractivity contribution in [3.8, 4) is 12.1 Å². The number of aliphatic hydroxyl groups is 1. The number of carbonyl (C=O) groups is 2. The predicted octanol–water partition coefficient (Wildman–Crippen LogP) is 2.37. The van der Waals surface area contributed by atoms with Gasteiger partial charge >= 0.3 is 0 Å². The number of nitriles is 2. The number of benzene rings is 1. The smallest absolute Gasteiger partial charge is 0.241 e. The molecule has 1 fully saturated rings. The molecule has 0 bridgehead atoms. The number of thioether (sulfide) groups is 1. The second-order valence-electron chi connectivity index (χ2n) is 9.12. The van der Waals surface area contributed by atoms with Crippen molar-refractivity contribution in [2.75, 3.05) is 38.7 Å². The van der Waals surface area contributed by atoms with E-state index in [0.717, 1.165) is 24.6 Å². The van der Waals surface area contributed by atoms with Crippen LogP contribution in [-0.2, 0) is 16.0 Å². The minimum Gasteiger partial charge on any atom is -0.396 e. The lowest BCUT2D eigenvalue weighted by atomic mass is 10.0. The molecule has 188 valence electrons. The highest BCUT2D eigenvalue weighted by atomic mass is 32.2. The van der Waals surface area contributed by atoms with Crippen LogP contribution in [0.1, 0.15) is 47.3 Å². The number of aromatic nitrogens is 1. The zero-order valence-electron chi connectivity index (χ0n) is 20.7. The van der Waals surface area contributed by atoms with Gasteiger partial charge in [0.1, 0.15) is 28.2 Å². The summed E-state index contributed by atoms with van der Waals surface area (Å²) >= 11 is 1.06. The second kappa shape index (κ2) is 11.4. The average molecular weight is 507 g/mol. The summed E-state index contributed by atoms with van der Waals surface area (Å²) in [5.41, 5.74) is 7.11. The quantitative estimate of drug-likeness (QED) is 0.442. The molecule has 1 aromatic carbocycles. The number of carbonyl (C=O) groups excluding carboxylic acids is 2.